The molecule has 0 bridgehead atoms. The second-order valence-electron chi connectivity index (χ2n) is 3.86. The van der Waals surface area contributed by atoms with E-state index in [0.717, 1.165) is 5.56 Å². The molecule has 4 heteroatoms. The SMILES string of the molecule is CCC(NC(C)=O)C(=O)NCc1ccccc1. The first-order chi connectivity index (χ1) is 8.13. The highest BCUT2D eigenvalue weighted by Crippen LogP contribution is 1.98. The Morgan fingerprint density at radius 3 is 2.41 bits per heavy atom. The van der Waals surface area contributed by atoms with Gasteiger partial charge in [0.25, 0.3) is 0 Å². The summed E-state index contributed by atoms with van der Waals surface area (Å²) in [5, 5.41) is 5.42. The van der Waals surface area contributed by atoms with Crippen molar-refractivity contribution >= 4 is 11.8 Å². The van der Waals surface area contributed by atoms with Crippen molar-refractivity contribution in [3.8, 4) is 0 Å². The van der Waals surface area contributed by atoms with Gasteiger partial charge in [-0.05, 0) is 12.0 Å². The lowest BCUT2D eigenvalue weighted by Crippen LogP contribution is -2.45. The first-order valence-corrected chi connectivity index (χ1v) is 5.72. The highest BCUT2D eigenvalue weighted by atomic mass is 16.2. The Bertz CT molecular complexity index is 376. The van der Waals surface area contributed by atoms with Crippen molar-refractivity contribution in [2.45, 2.75) is 32.9 Å². The van der Waals surface area contributed by atoms with Gasteiger partial charge in [0.05, 0.1) is 0 Å². The standard InChI is InChI=1S/C13H18N2O2/c1-3-12(15-10(2)16)13(17)14-9-11-7-5-4-6-8-11/h4-8,12H,3,9H2,1-2H3,(H,14,17)(H,15,16). The average molecular weight is 234 g/mol. The minimum atomic E-state index is -0.448. The maximum absolute atomic E-state index is 11.8. The topological polar surface area (TPSA) is 58.2 Å². The van der Waals surface area contributed by atoms with Crippen LogP contribution in [-0.2, 0) is 16.1 Å². The lowest BCUT2D eigenvalue weighted by molar-refractivity contribution is -0.128. The van der Waals surface area contributed by atoms with Crippen LogP contribution in [0, 0.1) is 0 Å². The third-order valence-corrected chi connectivity index (χ3v) is 2.41. The number of nitrogens with one attached hydrogen (secondary N) is 2. The van der Waals surface area contributed by atoms with E-state index in [1.165, 1.54) is 6.92 Å². The van der Waals surface area contributed by atoms with Gasteiger partial charge in [0, 0.05) is 13.5 Å². The van der Waals surface area contributed by atoms with Crippen molar-refractivity contribution in [3.05, 3.63) is 35.9 Å². The summed E-state index contributed by atoms with van der Waals surface area (Å²) < 4.78 is 0. The van der Waals surface area contributed by atoms with Crippen LogP contribution in [0.5, 0.6) is 0 Å². The van der Waals surface area contributed by atoms with E-state index in [2.05, 4.69) is 10.6 Å². The molecule has 1 aromatic rings. The van der Waals surface area contributed by atoms with E-state index in [9.17, 15) is 9.59 Å². The fraction of sp³-hybridized carbons (Fsp3) is 0.385. The maximum atomic E-state index is 11.8. The van der Waals surface area contributed by atoms with E-state index in [0.29, 0.717) is 13.0 Å². The first-order valence-electron chi connectivity index (χ1n) is 5.72. The number of hydrogen-bond donors (Lipinski definition) is 2. The summed E-state index contributed by atoms with van der Waals surface area (Å²) in [5.74, 6) is -0.335. The van der Waals surface area contributed by atoms with Crippen LogP contribution in [0.2, 0.25) is 0 Å². The van der Waals surface area contributed by atoms with Crippen LogP contribution in [0.4, 0.5) is 0 Å². The lowest BCUT2D eigenvalue weighted by Gasteiger charge is -2.15. The Kier molecular flexibility index (Phi) is 5.20. The molecule has 1 aromatic carbocycles. The van der Waals surface area contributed by atoms with Crippen LogP contribution in [-0.4, -0.2) is 17.9 Å². The van der Waals surface area contributed by atoms with Crippen LogP contribution >= 0.6 is 0 Å². The zero-order valence-corrected chi connectivity index (χ0v) is 10.2. The molecule has 0 heterocycles. The summed E-state index contributed by atoms with van der Waals surface area (Å²) in [6.07, 6.45) is 0.584. The van der Waals surface area contributed by atoms with E-state index >= 15 is 0 Å². The predicted octanol–water partition coefficient (Wildman–Crippen LogP) is 1.22. The predicted molar refractivity (Wildman–Crippen MR) is 66.2 cm³/mol. The zero-order valence-electron chi connectivity index (χ0n) is 10.2. The molecule has 0 aliphatic carbocycles. The van der Waals surface area contributed by atoms with Gasteiger partial charge in [-0.2, -0.15) is 0 Å². The van der Waals surface area contributed by atoms with Gasteiger partial charge < -0.3 is 10.6 Å². The van der Waals surface area contributed by atoms with Gasteiger partial charge in [-0.15, -0.1) is 0 Å². The summed E-state index contributed by atoms with van der Waals surface area (Å²) >= 11 is 0. The number of carbonyl (C=O) groups is 2. The normalized spacial score (nSPS) is 11.6. The molecule has 2 N–H and O–H groups in total. The first kappa shape index (κ1) is 13.2. The molecule has 4 nitrogen and oxygen atoms in total. The van der Waals surface area contributed by atoms with E-state index in [4.69, 9.17) is 0 Å². The van der Waals surface area contributed by atoms with Gasteiger partial charge in [-0.1, -0.05) is 37.3 Å². The van der Waals surface area contributed by atoms with E-state index in [1.807, 2.05) is 37.3 Å². The lowest BCUT2D eigenvalue weighted by atomic mass is 10.2. The van der Waals surface area contributed by atoms with Crippen LogP contribution in [0.3, 0.4) is 0 Å². The smallest absolute Gasteiger partial charge is 0.242 e. The second-order valence-corrected chi connectivity index (χ2v) is 3.86. The molecule has 0 aliphatic heterocycles. The molecule has 0 radical (unpaired) electrons. The second kappa shape index (κ2) is 6.68. The zero-order chi connectivity index (χ0) is 12.7. The number of carbonyl (C=O) groups excluding carboxylic acids is 2. The molecule has 2 amide bonds. The average Bonchev–Trinajstić information content (AvgIpc) is 2.34. The van der Waals surface area contributed by atoms with Crippen LogP contribution < -0.4 is 10.6 Å². The molecule has 0 saturated carbocycles. The highest BCUT2D eigenvalue weighted by Gasteiger charge is 2.16. The van der Waals surface area contributed by atoms with Crippen LogP contribution in [0.1, 0.15) is 25.8 Å². The monoisotopic (exact) mass is 234 g/mol. The molecular weight excluding hydrogens is 216 g/mol. The largest absolute Gasteiger partial charge is 0.350 e. The van der Waals surface area contributed by atoms with E-state index in [1.54, 1.807) is 0 Å². The minimum absolute atomic E-state index is 0.147. The van der Waals surface area contributed by atoms with Gasteiger partial charge in [0.15, 0.2) is 0 Å². The van der Waals surface area contributed by atoms with Gasteiger partial charge in [-0.3, -0.25) is 9.59 Å². The van der Waals surface area contributed by atoms with E-state index in [-0.39, 0.29) is 11.8 Å². The molecule has 0 fully saturated rings. The fourth-order valence-electron chi connectivity index (χ4n) is 1.51. The van der Waals surface area contributed by atoms with Crippen molar-refractivity contribution in [2.24, 2.45) is 0 Å². The number of amides is 2. The molecule has 0 aromatic heterocycles. The molecule has 0 spiro atoms. The van der Waals surface area contributed by atoms with Crippen molar-refractivity contribution in [1.82, 2.24) is 10.6 Å². The molecule has 17 heavy (non-hydrogen) atoms. The van der Waals surface area contributed by atoms with Crippen molar-refractivity contribution in [2.75, 3.05) is 0 Å². The summed E-state index contributed by atoms with van der Waals surface area (Å²) in [7, 11) is 0. The van der Waals surface area contributed by atoms with Crippen molar-refractivity contribution in [3.63, 3.8) is 0 Å². The third-order valence-electron chi connectivity index (χ3n) is 2.41. The maximum Gasteiger partial charge on any atom is 0.242 e. The number of hydrogen-bond acceptors (Lipinski definition) is 2. The Morgan fingerprint density at radius 2 is 1.88 bits per heavy atom. The molecule has 1 rings (SSSR count). The Labute approximate surface area is 101 Å². The minimum Gasteiger partial charge on any atom is -0.350 e. The third kappa shape index (κ3) is 4.68. The van der Waals surface area contributed by atoms with Gasteiger partial charge in [0.1, 0.15) is 6.04 Å². The van der Waals surface area contributed by atoms with Gasteiger partial charge in [-0.25, -0.2) is 0 Å². The van der Waals surface area contributed by atoms with Gasteiger partial charge >= 0.3 is 0 Å². The highest BCUT2D eigenvalue weighted by molar-refractivity contribution is 5.86. The Morgan fingerprint density at radius 1 is 1.24 bits per heavy atom. The molecule has 0 aliphatic rings. The Hall–Kier alpha value is -1.84. The summed E-state index contributed by atoms with van der Waals surface area (Å²) in [6, 6.07) is 9.21. The quantitative estimate of drug-likeness (QED) is 0.804. The summed E-state index contributed by atoms with van der Waals surface area (Å²) in [5.41, 5.74) is 1.04. The molecule has 0 saturated heterocycles. The Balaban J connectivity index is 2.45. The summed E-state index contributed by atoms with van der Waals surface area (Å²) in [6.45, 7) is 3.76. The fourth-order valence-corrected chi connectivity index (χ4v) is 1.51. The number of benzene rings is 1. The van der Waals surface area contributed by atoms with E-state index < -0.39 is 6.04 Å². The summed E-state index contributed by atoms with van der Waals surface area (Å²) in [4.78, 5) is 22.7. The van der Waals surface area contributed by atoms with Gasteiger partial charge in [0.2, 0.25) is 11.8 Å². The number of rotatable bonds is 5. The van der Waals surface area contributed by atoms with Crippen LogP contribution in [0.25, 0.3) is 0 Å². The molecule has 92 valence electrons. The molecule has 1 unspecified atom stereocenters. The van der Waals surface area contributed by atoms with Crippen molar-refractivity contribution in [1.29, 1.82) is 0 Å². The molecular formula is C13H18N2O2. The van der Waals surface area contributed by atoms with Crippen LogP contribution in [0.15, 0.2) is 30.3 Å². The van der Waals surface area contributed by atoms with Crippen molar-refractivity contribution < 1.29 is 9.59 Å². The molecule has 1 atom stereocenters.